The Kier molecular flexibility index (Phi) is 3.63. The van der Waals surface area contributed by atoms with Gasteiger partial charge in [0.25, 0.3) is 0 Å². The molecule has 1 saturated heterocycles. The van der Waals surface area contributed by atoms with Gasteiger partial charge in [0.2, 0.25) is 10.0 Å². The van der Waals surface area contributed by atoms with Gasteiger partial charge in [0.1, 0.15) is 16.5 Å². The fourth-order valence-corrected chi connectivity index (χ4v) is 3.84. The van der Waals surface area contributed by atoms with Crippen LogP contribution in [0.15, 0.2) is 23.1 Å². The lowest BCUT2D eigenvalue weighted by molar-refractivity contribution is 0.00934. The van der Waals surface area contributed by atoms with Crippen LogP contribution in [-0.2, 0) is 10.0 Å². The van der Waals surface area contributed by atoms with Gasteiger partial charge in [-0.3, -0.25) is 0 Å². The summed E-state index contributed by atoms with van der Waals surface area (Å²) in [4.78, 5) is -0.563. The standard InChI is InChI=1S/C12H15F2NO3S/c1-12(16)5-2-6-15(8-12)19(17,18)11-4-3-9(13)7-10(11)14/h3-4,7,16H,2,5-6,8H2,1H3. The molecule has 0 spiro atoms. The molecule has 1 heterocycles. The van der Waals surface area contributed by atoms with Gasteiger partial charge >= 0.3 is 0 Å². The van der Waals surface area contributed by atoms with Crippen LogP contribution in [0.1, 0.15) is 19.8 Å². The van der Waals surface area contributed by atoms with Crippen LogP contribution in [0.25, 0.3) is 0 Å². The van der Waals surface area contributed by atoms with Gasteiger partial charge in [-0.25, -0.2) is 17.2 Å². The average Bonchev–Trinajstić information content (AvgIpc) is 2.27. The van der Waals surface area contributed by atoms with E-state index in [0.717, 1.165) is 16.4 Å². The molecule has 1 aliphatic heterocycles. The van der Waals surface area contributed by atoms with Crippen molar-refractivity contribution in [3.8, 4) is 0 Å². The van der Waals surface area contributed by atoms with Crippen molar-refractivity contribution in [1.82, 2.24) is 4.31 Å². The molecular formula is C12H15F2NO3S. The summed E-state index contributed by atoms with van der Waals surface area (Å²) < 4.78 is 52.0. The zero-order valence-corrected chi connectivity index (χ0v) is 11.3. The lowest BCUT2D eigenvalue weighted by atomic mass is 9.97. The zero-order chi connectivity index (χ0) is 14.3. The Hall–Kier alpha value is -1.05. The molecule has 0 amide bonds. The predicted molar refractivity (Wildman–Crippen MR) is 65.0 cm³/mol. The first kappa shape index (κ1) is 14.4. The Bertz CT molecular complexity index is 587. The van der Waals surface area contributed by atoms with Crippen LogP contribution >= 0.6 is 0 Å². The summed E-state index contributed by atoms with van der Waals surface area (Å²) in [6.07, 6.45) is 0.986. The quantitative estimate of drug-likeness (QED) is 0.898. The maximum atomic E-state index is 13.6. The van der Waals surface area contributed by atoms with Crippen molar-refractivity contribution in [1.29, 1.82) is 0 Å². The number of benzene rings is 1. The summed E-state index contributed by atoms with van der Waals surface area (Å²) in [7, 11) is -4.05. The molecule has 0 saturated carbocycles. The molecule has 0 aliphatic carbocycles. The highest BCUT2D eigenvalue weighted by Crippen LogP contribution is 2.27. The van der Waals surface area contributed by atoms with E-state index in [9.17, 15) is 22.3 Å². The molecule has 0 radical (unpaired) electrons. The van der Waals surface area contributed by atoms with Crippen molar-refractivity contribution < 1.29 is 22.3 Å². The van der Waals surface area contributed by atoms with E-state index in [1.165, 1.54) is 6.92 Å². The number of piperidine rings is 1. The number of hydrogen-bond acceptors (Lipinski definition) is 3. The lowest BCUT2D eigenvalue weighted by Gasteiger charge is -2.35. The van der Waals surface area contributed by atoms with Crippen LogP contribution in [0.3, 0.4) is 0 Å². The van der Waals surface area contributed by atoms with Crippen molar-refractivity contribution in [2.75, 3.05) is 13.1 Å². The second-order valence-corrected chi connectivity index (χ2v) is 6.92. The summed E-state index contributed by atoms with van der Waals surface area (Å²) in [6, 6.07) is 2.34. The molecular weight excluding hydrogens is 276 g/mol. The van der Waals surface area contributed by atoms with Crippen molar-refractivity contribution in [3.63, 3.8) is 0 Å². The minimum atomic E-state index is -4.05. The number of halogens is 2. The molecule has 106 valence electrons. The van der Waals surface area contributed by atoms with E-state index in [1.54, 1.807) is 0 Å². The van der Waals surface area contributed by atoms with E-state index in [-0.39, 0.29) is 13.1 Å². The first-order valence-corrected chi connectivity index (χ1v) is 7.34. The summed E-state index contributed by atoms with van der Waals surface area (Å²) in [6.45, 7) is 1.66. The van der Waals surface area contributed by atoms with Gasteiger partial charge in [-0.2, -0.15) is 4.31 Å². The first-order chi connectivity index (χ1) is 8.72. The van der Waals surface area contributed by atoms with Crippen molar-refractivity contribution in [2.24, 2.45) is 0 Å². The summed E-state index contributed by atoms with van der Waals surface area (Å²) >= 11 is 0. The van der Waals surface area contributed by atoms with E-state index in [4.69, 9.17) is 0 Å². The van der Waals surface area contributed by atoms with Crippen LogP contribution < -0.4 is 0 Å². The van der Waals surface area contributed by atoms with Gasteiger partial charge in [0, 0.05) is 19.2 Å². The van der Waals surface area contributed by atoms with Gasteiger partial charge in [-0.05, 0) is 31.9 Å². The molecule has 0 aromatic heterocycles. The third-order valence-corrected chi connectivity index (χ3v) is 5.03. The third-order valence-electron chi connectivity index (χ3n) is 3.15. The average molecular weight is 291 g/mol. The smallest absolute Gasteiger partial charge is 0.246 e. The monoisotopic (exact) mass is 291 g/mol. The molecule has 1 aliphatic rings. The highest BCUT2D eigenvalue weighted by Gasteiger charge is 2.36. The number of nitrogens with zero attached hydrogens (tertiary/aromatic N) is 1. The molecule has 1 N–H and O–H groups in total. The van der Waals surface area contributed by atoms with E-state index >= 15 is 0 Å². The topological polar surface area (TPSA) is 57.6 Å². The minimum absolute atomic E-state index is 0.0911. The Balaban J connectivity index is 2.37. The van der Waals surface area contributed by atoms with Crippen LogP contribution in [-0.4, -0.2) is 36.5 Å². The predicted octanol–water partition coefficient (Wildman–Crippen LogP) is 1.50. The van der Waals surface area contributed by atoms with Gasteiger partial charge in [-0.1, -0.05) is 0 Å². The third kappa shape index (κ3) is 2.93. The fraction of sp³-hybridized carbons (Fsp3) is 0.500. The van der Waals surface area contributed by atoms with Gasteiger partial charge in [0.05, 0.1) is 5.60 Å². The van der Waals surface area contributed by atoms with Crippen molar-refractivity contribution in [2.45, 2.75) is 30.3 Å². The Morgan fingerprint density at radius 1 is 1.37 bits per heavy atom. The van der Waals surface area contributed by atoms with Crippen LogP contribution in [0.4, 0.5) is 8.78 Å². The largest absolute Gasteiger partial charge is 0.389 e. The maximum absolute atomic E-state index is 13.6. The molecule has 1 unspecified atom stereocenters. The Labute approximate surface area is 110 Å². The number of aliphatic hydroxyl groups is 1. The van der Waals surface area contributed by atoms with Gasteiger partial charge < -0.3 is 5.11 Å². The Morgan fingerprint density at radius 3 is 2.63 bits per heavy atom. The molecule has 1 aromatic carbocycles. The zero-order valence-electron chi connectivity index (χ0n) is 10.4. The number of β-amino-alcohol motifs (C(OH)–C–C–N with tert-alkyl or cyclic N) is 1. The molecule has 1 atom stereocenters. The molecule has 7 heteroatoms. The molecule has 0 bridgehead atoms. The van der Waals surface area contributed by atoms with Gasteiger partial charge in [0.15, 0.2) is 0 Å². The molecule has 2 rings (SSSR count). The number of sulfonamides is 1. The van der Waals surface area contributed by atoms with E-state index in [0.29, 0.717) is 18.9 Å². The van der Waals surface area contributed by atoms with E-state index in [2.05, 4.69) is 0 Å². The highest BCUT2D eigenvalue weighted by molar-refractivity contribution is 7.89. The highest BCUT2D eigenvalue weighted by atomic mass is 32.2. The summed E-state index contributed by atoms with van der Waals surface area (Å²) in [5.74, 6) is -1.95. The SMILES string of the molecule is CC1(O)CCCN(S(=O)(=O)c2ccc(F)cc2F)C1. The number of hydrogen-bond donors (Lipinski definition) is 1. The Morgan fingerprint density at radius 2 is 2.05 bits per heavy atom. The normalized spacial score (nSPS) is 25.5. The molecule has 4 nitrogen and oxygen atoms in total. The molecule has 19 heavy (non-hydrogen) atoms. The molecule has 1 aromatic rings. The minimum Gasteiger partial charge on any atom is -0.389 e. The summed E-state index contributed by atoms with van der Waals surface area (Å²) in [5, 5.41) is 9.91. The van der Waals surface area contributed by atoms with Crippen LogP contribution in [0.2, 0.25) is 0 Å². The van der Waals surface area contributed by atoms with E-state index < -0.39 is 32.2 Å². The second-order valence-electron chi connectivity index (χ2n) is 5.01. The van der Waals surface area contributed by atoms with Crippen molar-refractivity contribution in [3.05, 3.63) is 29.8 Å². The summed E-state index contributed by atoms with van der Waals surface area (Å²) in [5.41, 5.74) is -1.12. The van der Waals surface area contributed by atoms with Crippen LogP contribution in [0, 0.1) is 11.6 Å². The van der Waals surface area contributed by atoms with Crippen molar-refractivity contribution >= 4 is 10.0 Å². The lowest BCUT2D eigenvalue weighted by Crippen LogP contribution is -2.48. The second kappa shape index (κ2) is 4.81. The maximum Gasteiger partial charge on any atom is 0.246 e. The van der Waals surface area contributed by atoms with Crippen LogP contribution in [0.5, 0.6) is 0 Å². The first-order valence-electron chi connectivity index (χ1n) is 5.90. The fourth-order valence-electron chi connectivity index (χ4n) is 2.20. The van der Waals surface area contributed by atoms with E-state index in [1.807, 2.05) is 0 Å². The number of rotatable bonds is 2. The van der Waals surface area contributed by atoms with Gasteiger partial charge in [-0.15, -0.1) is 0 Å². The molecule has 1 fully saturated rings.